The van der Waals surface area contributed by atoms with Crippen LogP contribution in [0.1, 0.15) is 40.4 Å². The Balaban J connectivity index is 2.39. The molecule has 1 aliphatic carbocycles. The molecule has 19 heavy (non-hydrogen) atoms. The number of rotatable bonds is 2. The molecule has 0 fully saturated rings. The second-order valence-electron chi connectivity index (χ2n) is 4.80. The Kier molecular flexibility index (Phi) is 2.76. The van der Waals surface area contributed by atoms with Crippen LogP contribution in [0, 0.1) is 0 Å². The summed E-state index contributed by atoms with van der Waals surface area (Å²) in [5.74, 6) is 0.0901. The normalized spacial score (nSPS) is 15.8. The molecule has 0 unspecified atom stereocenters. The first-order chi connectivity index (χ1) is 9.24. The summed E-state index contributed by atoms with van der Waals surface area (Å²) < 4.78 is 5.88. The van der Waals surface area contributed by atoms with E-state index in [-0.39, 0.29) is 5.78 Å². The second-order valence-corrected chi connectivity index (χ2v) is 4.80. The van der Waals surface area contributed by atoms with Gasteiger partial charge in [0.2, 0.25) is 0 Å². The summed E-state index contributed by atoms with van der Waals surface area (Å²) in [6.07, 6.45) is 0.796. The molecule has 96 valence electrons. The smallest absolute Gasteiger partial charge is 0.193 e. The number of ketones is 1. The highest BCUT2D eigenvalue weighted by Gasteiger charge is 2.42. The minimum absolute atomic E-state index is 0.0901. The van der Waals surface area contributed by atoms with Gasteiger partial charge < -0.3 is 4.74 Å². The fraction of sp³-hybridized carbons (Fsp3) is 0.235. The van der Waals surface area contributed by atoms with Crippen LogP contribution in [0.25, 0.3) is 0 Å². The zero-order valence-corrected chi connectivity index (χ0v) is 11.1. The van der Waals surface area contributed by atoms with Gasteiger partial charge in [-0.2, -0.15) is 0 Å². The van der Waals surface area contributed by atoms with E-state index in [0.29, 0.717) is 0 Å². The van der Waals surface area contributed by atoms with Crippen LogP contribution in [0.3, 0.4) is 0 Å². The topological polar surface area (TPSA) is 26.3 Å². The molecule has 0 amide bonds. The van der Waals surface area contributed by atoms with Crippen molar-refractivity contribution in [3.05, 3.63) is 70.8 Å². The van der Waals surface area contributed by atoms with Crippen molar-refractivity contribution >= 4 is 5.78 Å². The number of benzene rings is 2. The van der Waals surface area contributed by atoms with Crippen molar-refractivity contribution in [3.63, 3.8) is 0 Å². The third-order valence-electron chi connectivity index (χ3n) is 4.06. The van der Waals surface area contributed by atoms with Crippen molar-refractivity contribution in [1.82, 2.24) is 0 Å². The van der Waals surface area contributed by atoms with Gasteiger partial charge in [-0.1, -0.05) is 55.5 Å². The van der Waals surface area contributed by atoms with E-state index in [4.69, 9.17) is 4.74 Å². The number of hydrogen-bond acceptors (Lipinski definition) is 2. The van der Waals surface area contributed by atoms with Crippen LogP contribution in [0.5, 0.6) is 0 Å². The fourth-order valence-corrected chi connectivity index (χ4v) is 3.10. The number of ether oxygens (including phenoxy) is 1. The Bertz CT molecular complexity index is 588. The van der Waals surface area contributed by atoms with E-state index in [1.807, 2.05) is 48.5 Å². The summed E-state index contributed by atoms with van der Waals surface area (Å²) in [5.41, 5.74) is 2.95. The van der Waals surface area contributed by atoms with Gasteiger partial charge >= 0.3 is 0 Å². The Hall–Kier alpha value is -1.93. The summed E-state index contributed by atoms with van der Waals surface area (Å²) in [4.78, 5) is 12.6. The molecular weight excluding hydrogens is 236 g/mol. The third kappa shape index (κ3) is 1.50. The minimum atomic E-state index is -0.513. The average molecular weight is 252 g/mol. The molecule has 0 bridgehead atoms. The Morgan fingerprint density at radius 2 is 1.42 bits per heavy atom. The maximum atomic E-state index is 12.6. The molecule has 0 aromatic heterocycles. The second kappa shape index (κ2) is 4.32. The number of hydrogen-bond donors (Lipinski definition) is 0. The molecule has 0 spiro atoms. The summed E-state index contributed by atoms with van der Waals surface area (Å²) >= 11 is 0. The molecule has 2 nitrogen and oxygen atoms in total. The van der Waals surface area contributed by atoms with Crippen LogP contribution in [-0.2, 0) is 10.3 Å². The van der Waals surface area contributed by atoms with E-state index in [9.17, 15) is 4.79 Å². The molecule has 0 N–H and O–H groups in total. The zero-order valence-electron chi connectivity index (χ0n) is 11.1. The van der Waals surface area contributed by atoms with E-state index >= 15 is 0 Å². The Morgan fingerprint density at radius 1 is 0.947 bits per heavy atom. The Morgan fingerprint density at radius 3 is 1.84 bits per heavy atom. The lowest BCUT2D eigenvalue weighted by Gasteiger charge is -2.38. The number of methoxy groups -OCH3 is 1. The first-order valence-electron chi connectivity index (χ1n) is 6.53. The van der Waals surface area contributed by atoms with Gasteiger partial charge in [0.05, 0.1) is 0 Å². The van der Waals surface area contributed by atoms with Crippen molar-refractivity contribution in [3.8, 4) is 0 Å². The lowest BCUT2D eigenvalue weighted by Crippen LogP contribution is -2.36. The quantitative estimate of drug-likeness (QED) is 0.817. The van der Waals surface area contributed by atoms with Gasteiger partial charge in [0.15, 0.2) is 5.78 Å². The molecule has 1 aliphatic rings. The molecule has 0 aliphatic heterocycles. The highest BCUT2D eigenvalue weighted by atomic mass is 16.5. The van der Waals surface area contributed by atoms with E-state index < -0.39 is 5.60 Å². The van der Waals surface area contributed by atoms with Crippen molar-refractivity contribution in [2.75, 3.05) is 7.11 Å². The molecule has 3 rings (SSSR count). The maximum absolute atomic E-state index is 12.6. The van der Waals surface area contributed by atoms with Crippen molar-refractivity contribution in [2.24, 2.45) is 0 Å². The summed E-state index contributed by atoms with van der Waals surface area (Å²) in [6, 6.07) is 15.5. The molecule has 2 aromatic rings. The fourth-order valence-electron chi connectivity index (χ4n) is 3.10. The van der Waals surface area contributed by atoms with Gasteiger partial charge in [-0.05, 0) is 17.5 Å². The third-order valence-corrected chi connectivity index (χ3v) is 4.06. The van der Waals surface area contributed by atoms with Crippen LogP contribution in [0.15, 0.2) is 48.5 Å². The first-order valence-corrected chi connectivity index (χ1v) is 6.53. The van der Waals surface area contributed by atoms with Crippen molar-refractivity contribution in [2.45, 2.75) is 18.9 Å². The first kappa shape index (κ1) is 12.1. The molecule has 2 heteroatoms. The lowest BCUT2D eigenvalue weighted by atomic mass is 9.73. The predicted molar refractivity (Wildman–Crippen MR) is 74.4 cm³/mol. The van der Waals surface area contributed by atoms with Crippen LogP contribution in [-0.4, -0.2) is 12.9 Å². The predicted octanol–water partition coefficient (Wildman–Crippen LogP) is 3.53. The van der Waals surface area contributed by atoms with Gasteiger partial charge in [0.25, 0.3) is 0 Å². The molecular formula is C17H16O2. The zero-order chi connectivity index (χ0) is 13.5. The van der Waals surface area contributed by atoms with Gasteiger partial charge in [-0.15, -0.1) is 0 Å². The molecule has 0 atom stereocenters. The minimum Gasteiger partial charge on any atom is -0.369 e. The molecule has 0 radical (unpaired) electrons. The molecule has 0 heterocycles. The molecule has 0 saturated heterocycles. The van der Waals surface area contributed by atoms with Gasteiger partial charge in [0.1, 0.15) is 5.60 Å². The summed E-state index contributed by atoms with van der Waals surface area (Å²) in [5, 5.41) is 0. The highest BCUT2D eigenvalue weighted by Crippen LogP contribution is 2.44. The van der Waals surface area contributed by atoms with Gasteiger partial charge in [-0.3, -0.25) is 4.79 Å². The van der Waals surface area contributed by atoms with Crippen LogP contribution in [0.4, 0.5) is 0 Å². The standard InChI is InChI=1S/C17H16O2/c1-3-17(19-2)14-10-6-4-8-12(14)16(18)13-9-5-7-11-15(13)17/h4-11H,3H2,1-2H3. The monoisotopic (exact) mass is 252 g/mol. The van der Waals surface area contributed by atoms with E-state index in [1.54, 1.807) is 7.11 Å². The van der Waals surface area contributed by atoms with E-state index in [2.05, 4.69) is 6.92 Å². The van der Waals surface area contributed by atoms with Crippen LogP contribution < -0.4 is 0 Å². The SMILES string of the molecule is CCC1(OC)c2ccccc2C(=O)c2ccccc21. The molecule has 0 saturated carbocycles. The van der Waals surface area contributed by atoms with Crippen LogP contribution in [0.2, 0.25) is 0 Å². The summed E-state index contributed by atoms with van der Waals surface area (Å²) in [6.45, 7) is 2.09. The summed E-state index contributed by atoms with van der Waals surface area (Å²) in [7, 11) is 1.72. The van der Waals surface area contributed by atoms with E-state index in [1.165, 1.54) is 0 Å². The van der Waals surface area contributed by atoms with Gasteiger partial charge in [-0.25, -0.2) is 0 Å². The molecule has 2 aromatic carbocycles. The highest BCUT2D eigenvalue weighted by molar-refractivity contribution is 6.13. The van der Waals surface area contributed by atoms with E-state index in [0.717, 1.165) is 28.7 Å². The number of fused-ring (bicyclic) bond motifs is 2. The number of carbonyl (C=O) groups is 1. The maximum Gasteiger partial charge on any atom is 0.193 e. The van der Waals surface area contributed by atoms with Crippen molar-refractivity contribution < 1.29 is 9.53 Å². The van der Waals surface area contributed by atoms with Gasteiger partial charge in [0, 0.05) is 18.2 Å². The average Bonchev–Trinajstić information content (AvgIpc) is 2.49. The Labute approximate surface area is 113 Å². The van der Waals surface area contributed by atoms with Crippen LogP contribution >= 0.6 is 0 Å². The lowest BCUT2D eigenvalue weighted by molar-refractivity contribution is 0.0155. The largest absolute Gasteiger partial charge is 0.369 e. The van der Waals surface area contributed by atoms with Crippen molar-refractivity contribution in [1.29, 1.82) is 0 Å². The number of carbonyl (C=O) groups excluding carboxylic acids is 1.